The van der Waals surface area contributed by atoms with E-state index in [-0.39, 0.29) is 5.91 Å². The van der Waals surface area contributed by atoms with Crippen molar-refractivity contribution in [3.8, 4) is 0 Å². The standard InChI is InChI=1S/C15H14ClNO4/c1-15-7-6-10(21-15)11(14(19)20)12(15)13(18)17-9-4-2-8(16)3-5-9/h2-7,10-12H,1H3,(H,17,18)(H,19,20). The summed E-state index contributed by atoms with van der Waals surface area (Å²) in [5.74, 6) is -3.02. The van der Waals surface area contributed by atoms with E-state index >= 15 is 0 Å². The molecule has 2 aliphatic heterocycles. The molecule has 110 valence electrons. The number of carbonyl (C=O) groups excluding carboxylic acids is 1. The first-order chi connectivity index (χ1) is 9.90. The van der Waals surface area contributed by atoms with Gasteiger partial charge < -0.3 is 15.2 Å². The van der Waals surface area contributed by atoms with Crippen LogP contribution in [0.15, 0.2) is 36.4 Å². The van der Waals surface area contributed by atoms with Crippen molar-refractivity contribution in [2.45, 2.75) is 18.6 Å². The van der Waals surface area contributed by atoms with E-state index in [1.807, 2.05) is 0 Å². The molecule has 0 aliphatic carbocycles. The third-order valence-corrected chi connectivity index (χ3v) is 4.27. The molecular weight excluding hydrogens is 294 g/mol. The van der Waals surface area contributed by atoms with Crippen molar-refractivity contribution in [3.05, 3.63) is 41.4 Å². The van der Waals surface area contributed by atoms with Gasteiger partial charge in [0.05, 0.1) is 17.6 Å². The maximum atomic E-state index is 12.5. The highest BCUT2D eigenvalue weighted by Gasteiger charge is 2.59. The molecule has 6 heteroatoms. The van der Waals surface area contributed by atoms with E-state index in [0.717, 1.165) is 0 Å². The molecule has 0 radical (unpaired) electrons. The van der Waals surface area contributed by atoms with Gasteiger partial charge in [-0.25, -0.2) is 0 Å². The molecule has 0 aromatic heterocycles. The number of hydrogen-bond donors (Lipinski definition) is 2. The Morgan fingerprint density at radius 3 is 2.62 bits per heavy atom. The number of hydrogen-bond acceptors (Lipinski definition) is 3. The third-order valence-electron chi connectivity index (χ3n) is 4.02. The van der Waals surface area contributed by atoms with E-state index in [9.17, 15) is 14.7 Å². The van der Waals surface area contributed by atoms with E-state index in [1.165, 1.54) is 0 Å². The van der Waals surface area contributed by atoms with Gasteiger partial charge in [0.2, 0.25) is 5.91 Å². The molecule has 21 heavy (non-hydrogen) atoms. The molecule has 1 saturated heterocycles. The van der Waals surface area contributed by atoms with Gasteiger partial charge in [-0.2, -0.15) is 0 Å². The summed E-state index contributed by atoms with van der Waals surface area (Å²) in [5.41, 5.74) is -0.298. The fourth-order valence-corrected chi connectivity index (χ4v) is 3.16. The summed E-state index contributed by atoms with van der Waals surface area (Å²) in [6, 6.07) is 6.65. The SMILES string of the molecule is CC12C=CC(O1)C(C(=O)O)C2C(=O)Nc1ccc(Cl)cc1. The lowest BCUT2D eigenvalue weighted by Crippen LogP contribution is -2.44. The average molecular weight is 308 g/mol. The van der Waals surface area contributed by atoms with E-state index < -0.39 is 29.5 Å². The van der Waals surface area contributed by atoms with Crippen LogP contribution in [0.3, 0.4) is 0 Å². The topological polar surface area (TPSA) is 75.6 Å². The van der Waals surface area contributed by atoms with Gasteiger partial charge in [0.25, 0.3) is 0 Å². The van der Waals surface area contributed by atoms with Crippen LogP contribution >= 0.6 is 11.6 Å². The summed E-state index contributed by atoms with van der Waals surface area (Å²) in [6.07, 6.45) is 2.93. The average Bonchev–Trinajstić information content (AvgIpc) is 2.94. The summed E-state index contributed by atoms with van der Waals surface area (Å²) >= 11 is 5.79. The Kier molecular flexibility index (Phi) is 3.26. The van der Waals surface area contributed by atoms with E-state index in [4.69, 9.17) is 16.3 Å². The van der Waals surface area contributed by atoms with E-state index in [1.54, 1.807) is 43.3 Å². The number of aliphatic carboxylic acids is 1. The van der Waals surface area contributed by atoms with Crippen LogP contribution < -0.4 is 5.32 Å². The molecule has 1 amide bonds. The number of halogens is 1. The Bertz CT molecular complexity index is 627. The Balaban J connectivity index is 1.84. The smallest absolute Gasteiger partial charge is 0.310 e. The highest BCUT2D eigenvalue weighted by Crippen LogP contribution is 2.47. The van der Waals surface area contributed by atoms with Gasteiger partial charge >= 0.3 is 5.97 Å². The van der Waals surface area contributed by atoms with Crippen molar-refractivity contribution >= 4 is 29.2 Å². The predicted octanol–water partition coefficient (Wildman–Crippen LogP) is 2.32. The summed E-state index contributed by atoms with van der Waals surface area (Å²) in [5, 5.41) is 12.7. The van der Waals surface area contributed by atoms with Gasteiger partial charge in [0.1, 0.15) is 5.92 Å². The zero-order chi connectivity index (χ0) is 15.2. The quantitative estimate of drug-likeness (QED) is 0.840. The van der Waals surface area contributed by atoms with Crippen molar-refractivity contribution in [2.24, 2.45) is 11.8 Å². The molecule has 0 saturated carbocycles. The van der Waals surface area contributed by atoms with E-state index in [0.29, 0.717) is 10.7 Å². The number of rotatable bonds is 3. The minimum atomic E-state index is -1.02. The first kappa shape index (κ1) is 14.1. The van der Waals surface area contributed by atoms with Crippen LogP contribution in [0.5, 0.6) is 0 Å². The molecule has 4 unspecified atom stereocenters. The predicted molar refractivity (Wildman–Crippen MR) is 77.1 cm³/mol. The highest BCUT2D eigenvalue weighted by atomic mass is 35.5. The molecule has 0 spiro atoms. The van der Waals surface area contributed by atoms with Gasteiger partial charge in [0.15, 0.2) is 0 Å². The number of fused-ring (bicyclic) bond motifs is 2. The Morgan fingerprint density at radius 1 is 1.33 bits per heavy atom. The molecule has 2 N–H and O–H groups in total. The van der Waals surface area contributed by atoms with Crippen LogP contribution in [0, 0.1) is 11.8 Å². The summed E-state index contributed by atoms with van der Waals surface area (Å²) in [6.45, 7) is 1.73. The van der Waals surface area contributed by atoms with Crippen LogP contribution in [0.1, 0.15) is 6.92 Å². The van der Waals surface area contributed by atoms with Crippen molar-refractivity contribution in [2.75, 3.05) is 5.32 Å². The fraction of sp³-hybridized carbons (Fsp3) is 0.333. The summed E-state index contributed by atoms with van der Waals surface area (Å²) in [7, 11) is 0. The van der Waals surface area contributed by atoms with Crippen LogP contribution in [0.2, 0.25) is 5.02 Å². The van der Waals surface area contributed by atoms with Crippen LogP contribution in [0.25, 0.3) is 0 Å². The lowest BCUT2D eigenvalue weighted by Gasteiger charge is -2.27. The van der Waals surface area contributed by atoms with Gasteiger partial charge in [-0.05, 0) is 31.2 Å². The summed E-state index contributed by atoms with van der Waals surface area (Å²) in [4.78, 5) is 23.9. The van der Waals surface area contributed by atoms with Gasteiger partial charge in [-0.1, -0.05) is 23.8 Å². The lowest BCUT2D eigenvalue weighted by atomic mass is 9.75. The number of carboxylic acid groups (broad SMARTS) is 1. The first-order valence-electron chi connectivity index (χ1n) is 6.57. The number of carboxylic acids is 1. The van der Waals surface area contributed by atoms with Crippen molar-refractivity contribution in [1.82, 2.24) is 0 Å². The van der Waals surface area contributed by atoms with Gasteiger partial charge in [-0.15, -0.1) is 0 Å². The molecule has 1 aromatic rings. The molecule has 4 atom stereocenters. The normalized spacial score (nSPS) is 33.1. The number of amides is 1. The van der Waals surface area contributed by atoms with Crippen LogP contribution in [-0.2, 0) is 14.3 Å². The molecule has 2 bridgehead atoms. The van der Waals surface area contributed by atoms with Gasteiger partial charge in [-0.3, -0.25) is 9.59 Å². The molecule has 5 nitrogen and oxygen atoms in total. The zero-order valence-electron chi connectivity index (χ0n) is 11.2. The van der Waals surface area contributed by atoms with Crippen LogP contribution in [-0.4, -0.2) is 28.7 Å². The second-order valence-corrected chi connectivity index (χ2v) is 5.90. The van der Waals surface area contributed by atoms with Crippen molar-refractivity contribution < 1.29 is 19.4 Å². The molecule has 1 fully saturated rings. The Labute approximate surface area is 126 Å². The zero-order valence-corrected chi connectivity index (χ0v) is 12.0. The maximum Gasteiger partial charge on any atom is 0.310 e. The maximum absolute atomic E-state index is 12.5. The number of nitrogens with one attached hydrogen (secondary N) is 1. The van der Waals surface area contributed by atoms with Gasteiger partial charge in [0, 0.05) is 10.7 Å². The van der Waals surface area contributed by atoms with Crippen LogP contribution in [0.4, 0.5) is 5.69 Å². The fourth-order valence-electron chi connectivity index (χ4n) is 3.03. The molecule has 1 aromatic carbocycles. The Morgan fingerprint density at radius 2 is 2.00 bits per heavy atom. The van der Waals surface area contributed by atoms with E-state index in [2.05, 4.69) is 5.32 Å². The molecular formula is C15H14ClNO4. The number of benzene rings is 1. The molecule has 2 heterocycles. The minimum absolute atomic E-state index is 0.362. The summed E-state index contributed by atoms with van der Waals surface area (Å²) < 4.78 is 5.65. The second kappa shape index (κ2) is 4.86. The molecule has 2 aliphatic rings. The van der Waals surface area contributed by atoms with Crippen molar-refractivity contribution in [1.29, 1.82) is 0 Å². The number of anilines is 1. The number of carbonyl (C=O) groups is 2. The minimum Gasteiger partial charge on any atom is -0.481 e. The van der Waals surface area contributed by atoms with Crippen molar-refractivity contribution in [3.63, 3.8) is 0 Å². The first-order valence-corrected chi connectivity index (χ1v) is 6.95. The largest absolute Gasteiger partial charge is 0.481 e. The highest BCUT2D eigenvalue weighted by molar-refractivity contribution is 6.30. The lowest BCUT2D eigenvalue weighted by molar-refractivity contribution is -0.146. The monoisotopic (exact) mass is 307 g/mol. The third kappa shape index (κ3) is 2.32. The Hall–Kier alpha value is -1.85. The number of ether oxygens (including phenoxy) is 1. The molecule has 3 rings (SSSR count). The second-order valence-electron chi connectivity index (χ2n) is 5.46.